The van der Waals surface area contributed by atoms with Gasteiger partial charge in [-0.05, 0) is 42.8 Å². The van der Waals surface area contributed by atoms with Gasteiger partial charge in [0.2, 0.25) is 0 Å². The molecule has 34 heavy (non-hydrogen) atoms. The van der Waals surface area contributed by atoms with Crippen LogP contribution in [0.3, 0.4) is 0 Å². The molecule has 0 fully saturated rings. The molecule has 0 aliphatic carbocycles. The zero-order chi connectivity index (χ0) is 24.2. The van der Waals surface area contributed by atoms with Crippen LogP contribution in [0.4, 0.5) is 5.69 Å². The quantitative estimate of drug-likeness (QED) is 0.454. The van der Waals surface area contributed by atoms with Crippen LogP contribution in [0.15, 0.2) is 79.0 Å². The van der Waals surface area contributed by atoms with Crippen molar-refractivity contribution in [1.29, 1.82) is 0 Å². The van der Waals surface area contributed by atoms with E-state index in [1.165, 1.54) is 12.0 Å². The molecule has 0 aliphatic rings. The number of carbonyl (C=O) groups is 2. The Labute approximate surface area is 198 Å². The molecule has 0 bridgehead atoms. The lowest BCUT2D eigenvalue weighted by Gasteiger charge is -2.14. The normalized spacial score (nSPS) is 10.6. The number of ether oxygens (including phenoxy) is 1. The van der Waals surface area contributed by atoms with Gasteiger partial charge in [-0.2, -0.15) is 5.10 Å². The fraction of sp³-hybridized carbons (Fsp3) is 0.148. The molecule has 0 atom stereocenters. The van der Waals surface area contributed by atoms with Crippen LogP contribution in [-0.2, 0) is 0 Å². The Morgan fingerprint density at radius 3 is 2.35 bits per heavy atom. The summed E-state index contributed by atoms with van der Waals surface area (Å²) in [6.45, 7) is 1.98. The lowest BCUT2D eigenvalue weighted by molar-refractivity contribution is 0.0827. The van der Waals surface area contributed by atoms with Crippen molar-refractivity contribution in [1.82, 2.24) is 14.7 Å². The van der Waals surface area contributed by atoms with Gasteiger partial charge in [0.05, 0.1) is 24.0 Å². The standard InChI is InChI=1S/C27H26N4O3/c1-18-10-8-9-13-21(18)25-22(17-31(29-25)20-11-6-5-7-12-20)26(32)28-23-16-19(27(33)30(2)3)14-15-24(23)34-4/h5-17H,1-4H3,(H,28,32). The third-order valence-electron chi connectivity index (χ3n) is 5.48. The number of para-hydroxylation sites is 1. The van der Waals surface area contributed by atoms with E-state index >= 15 is 0 Å². The minimum atomic E-state index is -0.354. The maximum Gasteiger partial charge on any atom is 0.259 e. The molecule has 7 heteroatoms. The van der Waals surface area contributed by atoms with E-state index in [0.29, 0.717) is 28.3 Å². The highest BCUT2D eigenvalue weighted by Crippen LogP contribution is 2.30. The molecule has 0 unspecified atom stereocenters. The van der Waals surface area contributed by atoms with Gasteiger partial charge in [-0.1, -0.05) is 42.5 Å². The van der Waals surface area contributed by atoms with E-state index in [0.717, 1.165) is 16.8 Å². The smallest absolute Gasteiger partial charge is 0.259 e. The highest BCUT2D eigenvalue weighted by atomic mass is 16.5. The lowest BCUT2D eigenvalue weighted by atomic mass is 10.0. The molecular weight excluding hydrogens is 428 g/mol. The van der Waals surface area contributed by atoms with Gasteiger partial charge in [0, 0.05) is 31.4 Å². The fourth-order valence-corrected chi connectivity index (χ4v) is 3.68. The first kappa shape index (κ1) is 22.8. The number of nitrogens with zero attached hydrogens (tertiary/aromatic N) is 3. The summed E-state index contributed by atoms with van der Waals surface area (Å²) in [5, 5.41) is 7.67. The lowest BCUT2D eigenvalue weighted by Crippen LogP contribution is -2.22. The average Bonchev–Trinajstić information content (AvgIpc) is 3.30. The van der Waals surface area contributed by atoms with Gasteiger partial charge in [-0.25, -0.2) is 4.68 Å². The molecular formula is C27H26N4O3. The number of rotatable bonds is 6. The van der Waals surface area contributed by atoms with Gasteiger partial charge in [0.15, 0.2) is 0 Å². The number of methoxy groups -OCH3 is 1. The summed E-state index contributed by atoms with van der Waals surface area (Å²) in [4.78, 5) is 27.5. The summed E-state index contributed by atoms with van der Waals surface area (Å²) in [7, 11) is 4.87. The molecule has 1 N–H and O–H groups in total. The van der Waals surface area contributed by atoms with Crippen LogP contribution in [0.5, 0.6) is 5.75 Å². The topological polar surface area (TPSA) is 76.5 Å². The molecule has 7 nitrogen and oxygen atoms in total. The summed E-state index contributed by atoms with van der Waals surface area (Å²) >= 11 is 0. The van der Waals surface area contributed by atoms with Gasteiger partial charge < -0.3 is 15.0 Å². The maximum atomic E-state index is 13.5. The molecule has 4 aromatic rings. The molecule has 0 saturated carbocycles. The number of nitrogens with one attached hydrogen (secondary N) is 1. The Hall–Kier alpha value is -4.39. The monoisotopic (exact) mass is 454 g/mol. The van der Waals surface area contributed by atoms with Crippen molar-refractivity contribution in [3.8, 4) is 22.7 Å². The second kappa shape index (κ2) is 9.62. The van der Waals surface area contributed by atoms with Crippen molar-refractivity contribution in [2.45, 2.75) is 6.92 Å². The highest BCUT2D eigenvalue weighted by Gasteiger charge is 2.22. The minimum absolute atomic E-state index is 0.171. The van der Waals surface area contributed by atoms with E-state index in [1.54, 1.807) is 43.2 Å². The Bertz CT molecular complexity index is 1340. The molecule has 3 aromatic carbocycles. The number of anilines is 1. The number of hydrogen-bond donors (Lipinski definition) is 1. The van der Waals surface area contributed by atoms with Gasteiger partial charge >= 0.3 is 0 Å². The third-order valence-corrected chi connectivity index (χ3v) is 5.48. The Morgan fingerprint density at radius 1 is 0.971 bits per heavy atom. The predicted molar refractivity (Wildman–Crippen MR) is 133 cm³/mol. The van der Waals surface area contributed by atoms with Gasteiger partial charge in [-0.15, -0.1) is 0 Å². The van der Waals surface area contributed by atoms with E-state index in [-0.39, 0.29) is 11.8 Å². The van der Waals surface area contributed by atoms with Crippen molar-refractivity contribution in [3.05, 3.63) is 95.7 Å². The second-order valence-electron chi connectivity index (χ2n) is 8.06. The highest BCUT2D eigenvalue weighted by molar-refractivity contribution is 6.09. The number of benzene rings is 3. The van der Waals surface area contributed by atoms with E-state index in [1.807, 2.05) is 61.5 Å². The number of hydrogen-bond acceptors (Lipinski definition) is 4. The Kier molecular flexibility index (Phi) is 6.45. The molecule has 2 amide bonds. The van der Waals surface area contributed by atoms with Gasteiger partial charge in [0.1, 0.15) is 11.4 Å². The largest absolute Gasteiger partial charge is 0.495 e. The third kappa shape index (κ3) is 4.54. The number of carbonyl (C=O) groups excluding carboxylic acids is 2. The van der Waals surface area contributed by atoms with Gasteiger partial charge in [0.25, 0.3) is 11.8 Å². The zero-order valence-electron chi connectivity index (χ0n) is 19.6. The first-order valence-electron chi connectivity index (χ1n) is 10.8. The molecule has 1 aromatic heterocycles. The summed E-state index contributed by atoms with van der Waals surface area (Å²) < 4.78 is 7.12. The van der Waals surface area contributed by atoms with Crippen LogP contribution < -0.4 is 10.1 Å². The molecule has 0 aliphatic heterocycles. The van der Waals surface area contributed by atoms with Crippen LogP contribution in [0.1, 0.15) is 26.3 Å². The zero-order valence-corrected chi connectivity index (χ0v) is 19.6. The fourth-order valence-electron chi connectivity index (χ4n) is 3.68. The minimum Gasteiger partial charge on any atom is -0.495 e. The second-order valence-corrected chi connectivity index (χ2v) is 8.06. The van der Waals surface area contributed by atoms with Crippen molar-refractivity contribution >= 4 is 17.5 Å². The summed E-state index contributed by atoms with van der Waals surface area (Å²) in [5.41, 5.74) is 4.54. The van der Waals surface area contributed by atoms with Crippen molar-refractivity contribution in [2.75, 3.05) is 26.5 Å². The van der Waals surface area contributed by atoms with E-state index in [9.17, 15) is 9.59 Å². The molecule has 0 saturated heterocycles. The number of aryl methyl sites for hydroxylation is 1. The SMILES string of the molecule is COc1ccc(C(=O)N(C)C)cc1NC(=O)c1cn(-c2ccccc2)nc1-c1ccccc1C. The summed E-state index contributed by atoms with van der Waals surface area (Å²) in [6.07, 6.45) is 1.72. The Morgan fingerprint density at radius 2 is 1.68 bits per heavy atom. The predicted octanol–water partition coefficient (Wildman–Crippen LogP) is 4.81. The first-order chi connectivity index (χ1) is 16.4. The van der Waals surface area contributed by atoms with Crippen LogP contribution in [-0.4, -0.2) is 47.7 Å². The van der Waals surface area contributed by atoms with Crippen molar-refractivity contribution in [3.63, 3.8) is 0 Å². The van der Waals surface area contributed by atoms with Crippen LogP contribution in [0.25, 0.3) is 16.9 Å². The molecule has 4 rings (SSSR count). The molecule has 1 heterocycles. The van der Waals surface area contributed by atoms with Crippen LogP contribution >= 0.6 is 0 Å². The van der Waals surface area contributed by atoms with Crippen molar-refractivity contribution < 1.29 is 14.3 Å². The summed E-state index contributed by atoms with van der Waals surface area (Å²) in [6, 6.07) is 22.4. The molecule has 172 valence electrons. The number of amides is 2. The van der Waals surface area contributed by atoms with Crippen LogP contribution in [0.2, 0.25) is 0 Å². The average molecular weight is 455 g/mol. The molecule has 0 radical (unpaired) electrons. The van der Waals surface area contributed by atoms with Crippen molar-refractivity contribution in [2.24, 2.45) is 0 Å². The van der Waals surface area contributed by atoms with Gasteiger partial charge in [-0.3, -0.25) is 9.59 Å². The van der Waals surface area contributed by atoms with E-state index < -0.39 is 0 Å². The maximum absolute atomic E-state index is 13.5. The summed E-state index contributed by atoms with van der Waals surface area (Å²) in [5.74, 6) is -0.0691. The van der Waals surface area contributed by atoms with E-state index in [4.69, 9.17) is 9.84 Å². The Balaban J connectivity index is 1.78. The molecule has 0 spiro atoms. The number of aromatic nitrogens is 2. The first-order valence-corrected chi connectivity index (χ1v) is 10.8. The van der Waals surface area contributed by atoms with Crippen LogP contribution in [0, 0.1) is 6.92 Å². The van der Waals surface area contributed by atoms with E-state index in [2.05, 4.69) is 5.32 Å².